The Labute approximate surface area is 156 Å². The van der Waals surface area contributed by atoms with E-state index in [1.54, 1.807) is 6.07 Å². The second kappa shape index (κ2) is 6.82. The lowest BCUT2D eigenvalue weighted by Gasteiger charge is -2.32. The molecule has 0 saturated heterocycles. The highest BCUT2D eigenvalue weighted by molar-refractivity contribution is 7.16. The van der Waals surface area contributed by atoms with Gasteiger partial charge in [0, 0.05) is 4.88 Å². The Morgan fingerprint density at radius 1 is 1.11 bits per heavy atom. The van der Waals surface area contributed by atoms with E-state index >= 15 is 0 Å². The van der Waals surface area contributed by atoms with Gasteiger partial charge in [-0.2, -0.15) is 44.8 Å². The number of thiophene rings is 1. The van der Waals surface area contributed by atoms with E-state index in [0.29, 0.717) is 41.0 Å². The van der Waals surface area contributed by atoms with Crippen LogP contribution < -0.4 is 5.32 Å². The summed E-state index contributed by atoms with van der Waals surface area (Å²) < 4.78 is 116. The van der Waals surface area contributed by atoms with Gasteiger partial charge in [-0.15, -0.1) is 11.3 Å². The number of rotatable bonds is 4. The molecule has 1 atom stereocenters. The molecular weight excluding hydrogens is 427 g/mol. The van der Waals surface area contributed by atoms with E-state index in [2.05, 4.69) is 0 Å². The van der Waals surface area contributed by atoms with Crippen LogP contribution in [0.5, 0.6) is 0 Å². The fourth-order valence-corrected chi connectivity index (χ4v) is 4.01. The number of halogens is 9. The van der Waals surface area contributed by atoms with Crippen molar-refractivity contribution in [2.45, 2.75) is 50.1 Å². The van der Waals surface area contributed by atoms with Crippen molar-refractivity contribution < 1.29 is 44.3 Å². The number of hydrogen-bond acceptors (Lipinski definition) is 3. The molecule has 1 aromatic heterocycles. The van der Waals surface area contributed by atoms with Crippen LogP contribution in [0, 0.1) is 17.2 Å². The third-order valence-electron chi connectivity index (χ3n) is 4.28. The molecule has 2 rings (SSSR count). The molecule has 0 aromatic carbocycles. The molecule has 0 radical (unpaired) electrons. The zero-order valence-electron chi connectivity index (χ0n) is 13.9. The fourth-order valence-electron chi connectivity index (χ4n) is 2.66. The molecule has 1 aromatic rings. The maximum atomic E-state index is 13.7. The van der Waals surface area contributed by atoms with Crippen LogP contribution >= 0.6 is 11.3 Å². The Morgan fingerprint density at radius 3 is 2.18 bits per heavy atom. The molecule has 0 unspecified atom stereocenters. The van der Waals surface area contributed by atoms with Gasteiger partial charge < -0.3 is 5.32 Å². The number of nitriles is 1. The zero-order valence-corrected chi connectivity index (χ0v) is 14.7. The number of carbonyl (C=O) groups is 1. The lowest BCUT2D eigenvalue weighted by atomic mass is 9.88. The predicted molar refractivity (Wildman–Crippen MR) is 79.7 cm³/mol. The highest BCUT2D eigenvalue weighted by Crippen LogP contribution is 2.53. The van der Waals surface area contributed by atoms with Crippen molar-refractivity contribution in [1.82, 2.24) is 0 Å². The lowest BCUT2D eigenvalue weighted by Crippen LogP contribution is -2.64. The Balaban J connectivity index is 2.38. The molecule has 0 saturated carbocycles. The molecule has 156 valence electrons. The van der Waals surface area contributed by atoms with Crippen molar-refractivity contribution in [2.24, 2.45) is 5.92 Å². The number of amides is 1. The van der Waals surface area contributed by atoms with Crippen LogP contribution in [-0.4, -0.2) is 29.9 Å². The molecule has 0 fully saturated rings. The van der Waals surface area contributed by atoms with Gasteiger partial charge in [-0.05, 0) is 30.7 Å². The predicted octanol–water partition coefficient (Wildman–Crippen LogP) is 5.15. The summed E-state index contributed by atoms with van der Waals surface area (Å²) in [4.78, 5) is 12.1. The van der Waals surface area contributed by atoms with Crippen molar-refractivity contribution in [3.8, 4) is 6.07 Å². The number of anilines is 1. The van der Waals surface area contributed by atoms with Gasteiger partial charge in [-0.3, -0.25) is 4.79 Å². The lowest BCUT2D eigenvalue weighted by molar-refractivity contribution is -0.388. The first kappa shape index (κ1) is 22.3. The first-order chi connectivity index (χ1) is 12.6. The molecule has 13 heteroatoms. The number of carbonyl (C=O) groups excluding carboxylic acids is 1. The van der Waals surface area contributed by atoms with Crippen LogP contribution in [0.4, 0.5) is 44.5 Å². The highest BCUT2D eigenvalue weighted by Gasteiger charge is 2.83. The van der Waals surface area contributed by atoms with E-state index in [0.717, 1.165) is 0 Å². The van der Waals surface area contributed by atoms with E-state index in [-0.39, 0.29) is 11.5 Å². The highest BCUT2D eigenvalue weighted by atomic mass is 32.1. The van der Waals surface area contributed by atoms with Crippen LogP contribution in [0.1, 0.15) is 29.3 Å². The molecule has 0 bridgehead atoms. The minimum absolute atomic E-state index is 0.150. The van der Waals surface area contributed by atoms with Crippen molar-refractivity contribution >= 4 is 22.2 Å². The number of nitrogens with one attached hydrogen (secondary N) is 1. The summed E-state index contributed by atoms with van der Waals surface area (Å²) in [6.07, 6.45) is -5.65. The van der Waals surface area contributed by atoms with Gasteiger partial charge in [0.25, 0.3) is 0 Å². The normalized spacial score (nSPS) is 18.4. The molecule has 1 aliphatic carbocycles. The van der Waals surface area contributed by atoms with Gasteiger partial charge in [-0.1, -0.05) is 6.92 Å². The van der Waals surface area contributed by atoms with E-state index in [4.69, 9.17) is 5.26 Å². The summed E-state index contributed by atoms with van der Waals surface area (Å²) in [7, 11) is 0. The zero-order chi connectivity index (χ0) is 21.7. The Hall–Kier alpha value is -1.97. The standard InChI is InChI=1S/C15H11F9N2OS/c1-6-2-3-7-8(5-25)10(28-9(7)4-6)26-11(27)12(16,17)13(18,19)14(20,21)15(22,23)24/h6H,2-4H2,1H3,(H,26,27)/t6-/m1/s1. The van der Waals surface area contributed by atoms with Crippen LogP contribution in [-0.2, 0) is 17.6 Å². The smallest absolute Gasteiger partial charge is 0.311 e. The average Bonchev–Trinajstić information content (AvgIpc) is 2.89. The monoisotopic (exact) mass is 438 g/mol. The number of hydrogen-bond donors (Lipinski definition) is 1. The van der Waals surface area contributed by atoms with Gasteiger partial charge in [-0.25, -0.2) is 0 Å². The molecule has 1 amide bonds. The van der Waals surface area contributed by atoms with Crippen LogP contribution in [0.25, 0.3) is 0 Å². The molecule has 1 N–H and O–H groups in total. The summed E-state index contributed by atoms with van der Waals surface area (Å²) >= 11 is 0.616. The Bertz CT molecular complexity index is 823. The Morgan fingerprint density at radius 2 is 1.68 bits per heavy atom. The van der Waals surface area contributed by atoms with Gasteiger partial charge >= 0.3 is 29.9 Å². The van der Waals surface area contributed by atoms with Gasteiger partial charge in [0.1, 0.15) is 11.1 Å². The maximum absolute atomic E-state index is 13.7. The average molecular weight is 438 g/mol. The number of nitrogens with zero attached hydrogens (tertiary/aromatic N) is 1. The van der Waals surface area contributed by atoms with Gasteiger partial charge in [0.2, 0.25) is 0 Å². The van der Waals surface area contributed by atoms with E-state index < -0.39 is 34.9 Å². The summed E-state index contributed by atoms with van der Waals surface area (Å²) in [5.74, 6) is -23.5. The first-order valence-corrected chi connectivity index (χ1v) is 8.45. The first-order valence-electron chi connectivity index (χ1n) is 7.64. The molecule has 0 spiro atoms. The molecule has 1 heterocycles. The molecular formula is C15H11F9N2OS. The fraction of sp³-hybridized carbons (Fsp3) is 0.600. The SMILES string of the molecule is C[C@@H]1CCc2c(sc(NC(=O)C(F)(F)C(F)(F)C(F)(F)C(F)(F)F)c2C#N)C1. The van der Waals surface area contributed by atoms with Gasteiger partial charge in [0.15, 0.2) is 0 Å². The quantitative estimate of drug-likeness (QED) is 0.661. The minimum Gasteiger partial charge on any atom is -0.311 e. The minimum atomic E-state index is -7.16. The maximum Gasteiger partial charge on any atom is 0.460 e. The largest absolute Gasteiger partial charge is 0.460 e. The van der Waals surface area contributed by atoms with E-state index in [1.807, 2.05) is 6.92 Å². The number of fused-ring (bicyclic) bond motifs is 1. The van der Waals surface area contributed by atoms with Crippen LogP contribution in [0.3, 0.4) is 0 Å². The number of alkyl halides is 9. The van der Waals surface area contributed by atoms with Crippen molar-refractivity contribution in [3.05, 3.63) is 16.0 Å². The summed E-state index contributed by atoms with van der Waals surface area (Å²) in [5.41, 5.74) is 0.0959. The van der Waals surface area contributed by atoms with Crippen molar-refractivity contribution in [3.63, 3.8) is 0 Å². The van der Waals surface area contributed by atoms with E-state index in [9.17, 15) is 44.3 Å². The third kappa shape index (κ3) is 3.31. The summed E-state index contributed by atoms with van der Waals surface area (Å²) in [6, 6.07) is 1.60. The van der Waals surface area contributed by atoms with Crippen LogP contribution in [0.2, 0.25) is 0 Å². The molecule has 1 aliphatic rings. The van der Waals surface area contributed by atoms with E-state index in [1.165, 1.54) is 5.32 Å². The third-order valence-corrected chi connectivity index (χ3v) is 5.45. The Kier molecular flexibility index (Phi) is 5.44. The molecule has 28 heavy (non-hydrogen) atoms. The topological polar surface area (TPSA) is 52.9 Å². The molecule has 3 nitrogen and oxygen atoms in total. The second-order valence-corrected chi connectivity index (χ2v) is 7.45. The van der Waals surface area contributed by atoms with Gasteiger partial charge in [0.05, 0.1) is 5.56 Å². The second-order valence-electron chi connectivity index (χ2n) is 6.34. The summed E-state index contributed by atoms with van der Waals surface area (Å²) in [6.45, 7) is 1.85. The van der Waals surface area contributed by atoms with Crippen LogP contribution in [0.15, 0.2) is 0 Å². The summed E-state index contributed by atoms with van der Waals surface area (Å²) in [5, 5.41) is 9.77. The van der Waals surface area contributed by atoms with Crippen molar-refractivity contribution in [2.75, 3.05) is 5.32 Å². The molecule has 0 aliphatic heterocycles. The van der Waals surface area contributed by atoms with Crippen molar-refractivity contribution in [1.29, 1.82) is 5.26 Å².